The fraction of sp³-hybridized carbons (Fsp3) is 0.111. The Morgan fingerprint density at radius 2 is 2.04 bits per heavy atom. The third kappa shape index (κ3) is 3.08. The third-order valence-corrected chi connectivity index (χ3v) is 3.50. The topological polar surface area (TPSA) is 78.6 Å². The van der Waals surface area contributed by atoms with Crippen molar-refractivity contribution < 1.29 is 19.1 Å². The summed E-state index contributed by atoms with van der Waals surface area (Å²) in [6, 6.07) is 12.5. The maximum Gasteiger partial charge on any atom is 0.255 e. The molecule has 0 spiro atoms. The molecule has 0 unspecified atom stereocenters. The molecule has 0 radical (unpaired) electrons. The highest BCUT2D eigenvalue weighted by atomic mass is 16.5. The summed E-state index contributed by atoms with van der Waals surface area (Å²) in [6.07, 6.45) is 1.72. The number of nitrogens with two attached hydrogens (primary N) is 1. The summed E-state index contributed by atoms with van der Waals surface area (Å²) in [7, 11) is 0. The minimum Gasteiger partial charge on any atom is -0.484 e. The number of hydrogen-bond acceptors (Lipinski definition) is 4. The molecular formula is C18H15NO4. The van der Waals surface area contributed by atoms with E-state index in [1.165, 1.54) is 0 Å². The summed E-state index contributed by atoms with van der Waals surface area (Å²) in [5, 5.41) is 0. The van der Waals surface area contributed by atoms with E-state index in [2.05, 4.69) is 0 Å². The van der Waals surface area contributed by atoms with Crippen LogP contribution in [0, 0.1) is 6.92 Å². The molecule has 5 nitrogen and oxygen atoms in total. The highest BCUT2D eigenvalue weighted by Crippen LogP contribution is 2.35. The molecule has 1 aliphatic rings. The summed E-state index contributed by atoms with van der Waals surface area (Å²) in [5.41, 5.74) is 7.49. The standard InChI is InChI=1S/C18H15NO4/c1-11-4-2-3-5-12(11)8-16-18(21)14-7-6-13(9-15(14)23-16)22-10-17(19)20/h2-9H,10H2,1H3,(H2,19,20)/b16-8-. The molecule has 23 heavy (non-hydrogen) atoms. The zero-order chi connectivity index (χ0) is 16.4. The zero-order valence-corrected chi connectivity index (χ0v) is 12.5. The SMILES string of the molecule is Cc1ccccc1/C=C1\Oc2cc(OCC(N)=O)ccc2C1=O. The van der Waals surface area contributed by atoms with Crippen LogP contribution in [0.1, 0.15) is 21.5 Å². The highest BCUT2D eigenvalue weighted by Gasteiger charge is 2.27. The van der Waals surface area contributed by atoms with E-state index in [-0.39, 0.29) is 18.1 Å². The number of carbonyl (C=O) groups is 2. The van der Waals surface area contributed by atoms with Gasteiger partial charge in [0, 0.05) is 6.07 Å². The number of fused-ring (bicyclic) bond motifs is 1. The Morgan fingerprint density at radius 3 is 2.78 bits per heavy atom. The number of amides is 1. The van der Waals surface area contributed by atoms with Crippen molar-refractivity contribution in [1.82, 2.24) is 0 Å². The molecule has 2 N–H and O–H groups in total. The first-order valence-electron chi connectivity index (χ1n) is 7.09. The minimum atomic E-state index is -0.567. The van der Waals surface area contributed by atoms with Crippen LogP contribution < -0.4 is 15.2 Å². The summed E-state index contributed by atoms with van der Waals surface area (Å²) >= 11 is 0. The first-order chi connectivity index (χ1) is 11.0. The molecule has 3 rings (SSSR count). The van der Waals surface area contributed by atoms with E-state index in [1.54, 1.807) is 24.3 Å². The van der Waals surface area contributed by atoms with Crippen molar-refractivity contribution in [2.45, 2.75) is 6.92 Å². The van der Waals surface area contributed by atoms with Gasteiger partial charge in [0.2, 0.25) is 5.78 Å². The Labute approximate surface area is 133 Å². The van der Waals surface area contributed by atoms with Crippen molar-refractivity contribution in [3.63, 3.8) is 0 Å². The van der Waals surface area contributed by atoms with Crippen molar-refractivity contribution in [3.8, 4) is 11.5 Å². The molecule has 0 fully saturated rings. The first-order valence-corrected chi connectivity index (χ1v) is 7.09. The second-order valence-corrected chi connectivity index (χ2v) is 5.21. The molecule has 0 saturated heterocycles. The first kappa shape index (κ1) is 14.8. The van der Waals surface area contributed by atoms with Gasteiger partial charge in [0.1, 0.15) is 11.5 Å². The van der Waals surface area contributed by atoms with E-state index in [0.29, 0.717) is 17.1 Å². The van der Waals surface area contributed by atoms with Crippen LogP contribution in [-0.4, -0.2) is 18.3 Å². The third-order valence-electron chi connectivity index (χ3n) is 3.50. The number of Topliss-reactive ketones (excluding diaryl/α,β-unsaturated/α-hetero) is 1. The fourth-order valence-electron chi connectivity index (χ4n) is 2.30. The Balaban J connectivity index is 1.87. The fourth-order valence-corrected chi connectivity index (χ4v) is 2.30. The second-order valence-electron chi connectivity index (χ2n) is 5.21. The zero-order valence-electron chi connectivity index (χ0n) is 12.5. The molecule has 1 heterocycles. The predicted molar refractivity (Wildman–Crippen MR) is 85.2 cm³/mol. The van der Waals surface area contributed by atoms with Gasteiger partial charge in [0.15, 0.2) is 12.4 Å². The van der Waals surface area contributed by atoms with Crippen LogP contribution in [0.3, 0.4) is 0 Å². The van der Waals surface area contributed by atoms with Crippen molar-refractivity contribution in [1.29, 1.82) is 0 Å². The molecule has 1 aliphatic heterocycles. The van der Waals surface area contributed by atoms with Crippen LogP contribution in [0.25, 0.3) is 6.08 Å². The van der Waals surface area contributed by atoms with Gasteiger partial charge in [-0.2, -0.15) is 0 Å². The maximum atomic E-state index is 12.4. The lowest BCUT2D eigenvalue weighted by Crippen LogP contribution is -2.19. The Morgan fingerprint density at radius 1 is 1.26 bits per heavy atom. The van der Waals surface area contributed by atoms with E-state index in [4.69, 9.17) is 15.2 Å². The lowest BCUT2D eigenvalue weighted by Gasteiger charge is -2.05. The molecule has 0 aliphatic carbocycles. The van der Waals surface area contributed by atoms with Crippen molar-refractivity contribution in [3.05, 3.63) is 64.9 Å². The number of benzene rings is 2. The van der Waals surface area contributed by atoms with E-state index in [0.717, 1.165) is 11.1 Å². The molecular weight excluding hydrogens is 294 g/mol. The maximum absolute atomic E-state index is 12.4. The number of aryl methyl sites for hydroxylation is 1. The number of allylic oxidation sites excluding steroid dienone is 1. The van der Waals surface area contributed by atoms with Gasteiger partial charge in [-0.05, 0) is 36.3 Å². The van der Waals surface area contributed by atoms with Gasteiger partial charge < -0.3 is 15.2 Å². The van der Waals surface area contributed by atoms with Gasteiger partial charge in [-0.15, -0.1) is 0 Å². The molecule has 0 aromatic heterocycles. The molecule has 116 valence electrons. The van der Waals surface area contributed by atoms with Gasteiger partial charge in [-0.3, -0.25) is 9.59 Å². The number of ketones is 1. The number of primary amides is 1. The lowest BCUT2D eigenvalue weighted by molar-refractivity contribution is -0.119. The van der Waals surface area contributed by atoms with Gasteiger partial charge in [0.25, 0.3) is 5.91 Å². The molecule has 5 heteroatoms. The largest absolute Gasteiger partial charge is 0.484 e. The molecule has 1 amide bonds. The smallest absolute Gasteiger partial charge is 0.255 e. The lowest BCUT2D eigenvalue weighted by atomic mass is 10.1. The average Bonchev–Trinajstić information content (AvgIpc) is 2.83. The van der Waals surface area contributed by atoms with Gasteiger partial charge in [0.05, 0.1) is 5.56 Å². The average molecular weight is 309 g/mol. The predicted octanol–water partition coefficient (Wildman–Crippen LogP) is 2.48. The van der Waals surface area contributed by atoms with E-state index in [1.807, 2.05) is 31.2 Å². The summed E-state index contributed by atoms with van der Waals surface area (Å²) < 4.78 is 10.9. The molecule has 0 saturated carbocycles. The minimum absolute atomic E-state index is 0.176. The second kappa shape index (κ2) is 5.96. The van der Waals surface area contributed by atoms with Crippen molar-refractivity contribution in [2.75, 3.05) is 6.61 Å². The van der Waals surface area contributed by atoms with Crippen LogP contribution in [0.5, 0.6) is 11.5 Å². The van der Waals surface area contributed by atoms with Gasteiger partial charge in [-0.1, -0.05) is 24.3 Å². The van der Waals surface area contributed by atoms with E-state index in [9.17, 15) is 9.59 Å². The van der Waals surface area contributed by atoms with Crippen LogP contribution >= 0.6 is 0 Å². The Kier molecular flexibility index (Phi) is 3.85. The summed E-state index contributed by atoms with van der Waals surface area (Å²) in [5.74, 6) is 0.359. The highest BCUT2D eigenvalue weighted by molar-refractivity contribution is 6.14. The normalized spacial score (nSPS) is 14.5. The van der Waals surface area contributed by atoms with E-state index < -0.39 is 5.91 Å². The number of rotatable bonds is 4. The number of hydrogen-bond donors (Lipinski definition) is 1. The van der Waals surface area contributed by atoms with E-state index >= 15 is 0 Å². The molecule has 2 aromatic carbocycles. The molecule has 0 atom stereocenters. The molecule has 0 bridgehead atoms. The summed E-state index contributed by atoms with van der Waals surface area (Å²) in [6.45, 7) is 1.74. The Hall–Kier alpha value is -3.08. The van der Waals surface area contributed by atoms with Gasteiger partial charge in [-0.25, -0.2) is 0 Å². The quantitative estimate of drug-likeness (QED) is 0.880. The Bertz CT molecular complexity index is 824. The van der Waals surface area contributed by atoms with Crippen molar-refractivity contribution >= 4 is 17.8 Å². The van der Waals surface area contributed by atoms with Gasteiger partial charge >= 0.3 is 0 Å². The van der Waals surface area contributed by atoms with Crippen LogP contribution in [0.4, 0.5) is 0 Å². The molecule has 2 aromatic rings. The summed E-state index contributed by atoms with van der Waals surface area (Å²) in [4.78, 5) is 23.1. The number of ether oxygens (including phenoxy) is 2. The number of carbonyl (C=O) groups excluding carboxylic acids is 2. The van der Waals surface area contributed by atoms with Crippen LogP contribution in [-0.2, 0) is 4.79 Å². The van der Waals surface area contributed by atoms with Crippen LogP contribution in [0.15, 0.2) is 48.2 Å². The van der Waals surface area contributed by atoms with Crippen LogP contribution in [0.2, 0.25) is 0 Å². The van der Waals surface area contributed by atoms with Crippen molar-refractivity contribution in [2.24, 2.45) is 5.73 Å². The monoisotopic (exact) mass is 309 g/mol.